The second-order valence-electron chi connectivity index (χ2n) is 4.81. The molecular formula is C13H15FN2O4. The minimum Gasteiger partial charge on any atom is -0.480 e. The monoisotopic (exact) mass is 282 g/mol. The van der Waals surface area contributed by atoms with Gasteiger partial charge in [0.05, 0.1) is 11.8 Å². The second-order valence-corrected chi connectivity index (χ2v) is 4.81. The smallest absolute Gasteiger partial charge is 0.326 e. The number of carboxylic acids is 1. The Kier molecular flexibility index (Phi) is 3.89. The zero-order valence-corrected chi connectivity index (χ0v) is 10.8. The molecule has 1 aromatic rings. The molecular weight excluding hydrogens is 267 g/mol. The van der Waals surface area contributed by atoms with Crippen molar-refractivity contribution in [2.45, 2.75) is 25.5 Å². The highest BCUT2D eigenvalue weighted by Crippen LogP contribution is 2.21. The van der Waals surface area contributed by atoms with E-state index in [-0.39, 0.29) is 18.7 Å². The molecule has 2 rings (SSSR count). The lowest BCUT2D eigenvalue weighted by atomic mass is 10.2. The van der Waals surface area contributed by atoms with Crippen LogP contribution < -0.4 is 5.32 Å². The number of aliphatic carboxylic acids is 1. The molecule has 1 aliphatic rings. The molecule has 2 unspecified atom stereocenters. The van der Waals surface area contributed by atoms with Crippen LogP contribution in [0.2, 0.25) is 0 Å². The third-order valence-corrected chi connectivity index (χ3v) is 3.19. The van der Waals surface area contributed by atoms with Crippen LogP contribution in [0.25, 0.3) is 0 Å². The summed E-state index contributed by atoms with van der Waals surface area (Å²) in [5.74, 6) is -1.79. The summed E-state index contributed by atoms with van der Waals surface area (Å²) in [6, 6.07) is 2.40. The number of rotatable bonds is 2. The zero-order chi connectivity index (χ0) is 14.9. The topological polar surface area (TPSA) is 89.9 Å². The Labute approximate surface area is 114 Å². The van der Waals surface area contributed by atoms with Crippen molar-refractivity contribution in [3.05, 3.63) is 29.6 Å². The van der Waals surface area contributed by atoms with Crippen molar-refractivity contribution < 1.29 is 24.2 Å². The van der Waals surface area contributed by atoms with Crippen molar-refractivity contribution in [2.75, 3.05) is 11.9 Å². The van der Waals surface area contributed by atoms with Crippen molar-refractivity contribution in [1.82, 2.24) is 4.90 Å². The SMILES string of the molecule is Cc1ccc(F)c(NC(=O)N2CC(O)CC2C(=O)O)c1. The van der Waals surface area contributed by atoms with Gasteiger partial charge in [-0.2, -0.15) is 0 Å². The number of carbonyl (C=O) groups excluding carboxylic acids is 1. The van der Waals surface area contributed by atoms with Crippen LogP contribution in [0.4, 0.5) is 14.9 Å². The normalized spacial score (nSPS) is 21.9. The molecule has 2 amide bonds. The van der Waals surface area contributed by atoms with Crippen LogP contribution in [0.5, 0.6) is 0 Å². The van der Waals surface area contributed by atoms with Gasteiger partial charge in [0.15, 0.2) is 0 Å². The van der Waals surface area contributed by atoms with E-state index < -0.39 is 30.0 Å². The lowest BCUT2D eigenvalue weighted by Crippen LogP contribution is -2.43. The minimum atomic E-state index is -1.19. The van der Waals surface area contributed by atoms with Gasteiger partial charge in [-0.1, -0.05) is 6.07 Å². The van der Waals surface area contributed by atoms with Gasteiger partial charge in [-0.25, -0.2) is 14.0 Å². The number of halogens is 1. The van der Waals surface area contributed by atoms with Crippen molar-refractivity contribution in [3.63, 3.8) is 0 Å². The number of benzene rings is 1. The Bertz CT molecular complexity index is 549. The predicted molar refractivity (Wildman–Crippen MR) is 68.9 cm³/mol. The van der Waals surface area contributed by atoms with Crippen molar-refractivity contribution in [3.8, 4) is 0 Å². The van der Waals surface area contributed by atoms with Gasteiger partial charge < -0.3 is 20.4 Å². The quantitative estimate of drug-likeness (QED) is 0.760. The molecule has 7 heteroatoms. The standard InChI is InChI=1S/C13H15FN2O4/c1-7-2-3-9(14)10(4-7)15-13(20)16-6-8(17)5-11(16)12(18)19/h2-4,8,11,17H,5-6H2,1H3,(H,15,20)(H,18,19). The number of aliphatic hydroxyl groups excluding tert-OH is 1. The number of nitrogens with one attached hydrogen (secondary N) is 1. The fraction of sp³-hybridized carbons (Fsp3) is 0.385. The first-order valence-corrected chi connectivity index (χ1v) is 6.13. The summed E-state index contributed by atoms with van der Waals surface area (Å²) in [6.07, 6.45) is -0.914. The van der Waals surface area contributed by atoms with Crippen LogP contribution in [0, 0.1) is 12.7 Å². The number of hydrogen-bond donors (Lipinski definition) is 3. The van der Waals surface area contributed by atoms with E-state index in [1.165, 1.54) is 12.1 Å². The van der Waals surface area contributed by atoms with E-state index >= 15 is 0 Å². The zero-order valence-electron chi connectivity index (χ0n) is 10.8. The highest BCUT2D eigenvalue weighted by atomic mass is 19.1. The maximum absolute atomic E-state index is 13.6. The summed E-state index contributed by atoms with van der Waals surface area (Å²) in [4.78, 5) is 24.0. The van der Waals surface area contributed by atoms with Crippen molar-refractivity contribution in [1.29, 1.82) is 0 Å². The molecule has 0 bridgehead atoms. The molecule has 0 aliphatic carbocycles. The fourth-order valence-corrected chi connectivity index (χ4v) is 2.19. The van der Waals surface area contributed by atoms with Gasteiger partial charge in [-0.05, 0) is 24.6 Å². The van der Waals surface area contributed by atoms with Crippen LogP contribution in [0.3, 0.4) is 0 Å². The van der Waals surface area contributed by atoms with Crippen LogP contribution in [-0.4, -0.2) is 45.8 Å². The average molecular weight is 282 g/mol. The largest absolute Gasteiger partial charge is 0.480 e. The summed E-state index contributed by atoms with van der Waals surface area (Å²) < 4.78 is 13.6. The van der Waals surface area contributed by atoms with E-state index in [0.717, 1.165) is 10.5 Å². The summed E-state index contributed by atoms with van der Waals surface area (Å²) in [5.41, 5.74) is 0.749. The van der Waals surface area contributed by atoms with Gasteiger partial charge in [0.1, 0.15) is 11.9 Å². The first-order chi connectivity index (χ1) is 9.38. The molecule has 1 aliphatic heterocycles. The fourth-order valence-electron chi connectivity index (χ4n) is 2.19. The molecule has 6 nitrogen and oxygen atoms in total. The van der Waals surface area contributed by atoms with Crippen LogP contribution >= 0.6 is 0 Å². The van der Waals surface area contributed by atoms with E-state index in [9.17, 15) is 19.1 Å². The molecule has 2 atom stereocenters. The summed E-state index contributed by atoms with van der Waals surface area (Å²) in [7, 11) is 0. The maximum Gasteiger partial charge on any atom is 0.326 e. The minimum absolute atomic E-state index is 0.0134. The molecule has 0 radical (unpaired) electrons. The number of aliphatic hydroxyl groups is 1. The Morgan fingerprint density at radius 2 is 2.15 bits per heavy atom. The molecule has 1 aromatic carbocycles. The van der Waals surface area contributed by atoms with Gasteiger partial charge in [0.25, 0.3) is 0 Å². The number of nitrogens with zero attached hydrogens (tertiary/aromatic N) is 1. The van der Waals surface area contributed by atoms with E-state index in [1.807, 2.05) is 0 Å². The number of carboxylic acid groups (broad SMARTS) is 1. The highest BCUT2D eigenvalue weighted by Gasteiger charge is 2.39. The Morgan fingerprint density at radius 3 is 2.80 bits per heavy atom. The van der Waals surface area contributed by atoms with Crippen LogP contribution in [-0.2, 0) is 4.79 Å². The third kappa shape index (κ3) is 2.88. The molecule has 0 saturated carbocycles. The number of hydrogen-bond acceptors (Lipinski definition) is 3. The number of urea groups is 1. The number of carbonyl (C=O) groups is 2. The molecule has 1 fully saturated rings. The lowest BCUT2D eigenvalue weighted by molar-refractivity contribution is -0.141. The van der Waals surface area contributed by atoms with E-state index in [1.54, 1.807) is 13.0 Å². The molecule has 20 heavy (non-hydrogen) atoms. The third-order valence-electron chi connectivity index (χ3n) is 3.19. The first-order valence-electron chi connectivity index (χ1n) is 6.13. The van der Waals surface area contributed by atoms with Gasteiger partial charge in [-0.3, -0.25) is 0 Å². The van der Waals surface area contributed by atoms with Crippen molar-refractivity contribution >= 4 is 17.7 Å². The molecule has 1 heterocycles. The van der Waals surface area contributed by atoms with Gasteiger partial charge in [0.2, 0.25) is 0 Å². The predicted octanol–water partition coefficient (Wildman–Crippen LogP) is 1.19. The molecule has 3 N–H and O–H groups in total. The van der Waals surface area contributed by atoms with Gasteiger partial charge in [0, 0.05) is 13.0 Å². The molecule has 0 spiro atoms. The van der Waals surface area contributed by atoms with Crippen molar-refractivity contribution in [2.24, 2.45) is 0 Å². The Hall–Kier alpha value is -2.15. The number of likely N-dealkylation sites (tertiary alicyclic amines) is 1. The van der Waals surface area contributed by atoms with Gasteiger partial charge in [-0.15, -0.1) is 0 Å². The highest BCUT2D eigenvalue weighted by molar-refractivity contribution is 5.93. The van der Waals surface area contributed by atoms with Gasteiger partial charge >= 0.3 is 12.0 Å². The van der Waals surface area contributed by atoms with E-state index in [4.69, 9.17) is 5.11 Å². The van der Waals surface area contributed by atoms with Crippen LogP contribution in [0.15, 0.2) is 18.2 Å². The van der Waals surface area contributed by atoms with E-state index in [0.29, 0.717) is 0 Å². The first kappa shape index (κ1) is 14.3. The average Bonchev–Trinajstić information content (AvgIpc) is 2.76. The number of aryl methyl sites for hydroxylation is 1. The summed E-state index contributed by atoms with van der Waals surface area (Å²) >= 11 is 0. The Morgan fingerprint density at radius 1 is 1.45 bits per heavy atom. The molecule has 1 saturated heterocycles. The molecule has 0 aromatic heterocycles. The number of amides is 2. The summed E-state index contributed by atoms with van der Waals surface area (Å²) in [5, 5.41) is 20.8. The molecule has 108 valence electrons. The van der Waals surface area contributed by atoms with Crippen LogP contribution in [0.1, 0.15) is 12.0 Å². The second kappa shape index (κ2) is 5.46. The Balaban J connectivity index is 2.15. The summed E-state index contributed by atoms with van der Waals surface area (Å²) in [6.45, 7) is 1.66. The van der Waals surface area contributed by atoms with E-state index in [2.05, 4.69) is 5.32 Å². The maximum atomic E-state index is 13.6. The lowest BCUT2D eigenvalue weighted by Gasteiger charge is -2.21. The number of β-amino-alcohol motifs (C(OH)–C–C–N with tert-alkyl or cyclic N) is 1. The number of anilines is 1.